The van der Waals surface area contributed by atoms with Gasteiger partial charge in [0.05, 0.1) is 36.6 Å². The summed E-state index contributed by atoms with van der Waals surface area (Å²) in [6, 6.07) is 0. The van der Waals surface area contributed by atoms with Crippen LogP contribution >= 0.6 is 0 Å². The van der Waals surface area contributed by atoms with Gasteiger partial charge in [-0.2, -0.15) is 0 Å². The van der Waals surface area contributed by atoms with E-state index in [0.717, 1.165) is 77.0 Å². The molecular weight excluding hydrogens is 498 g/mol. The van der Waals surface area contributed by atoms with Crippen LogP contribution in [0.2, 0.25) is 0 Å². The van der Waals surface area contributed by atoms with Crippen LogP contribution in [0.15, 0.2) is 14.4 Å². The van der Waals surface area contributed by atoms with Gasteiger partial charge in [-0.3, -0.25) is 0 Å². The molecule has 3 saturated carbocycles. The lowest BCUT2D eigenvalue weighted by molar-refractivity contribution is 0.322. The maximum Gasteiger partial charge on any atom is 0.336 e. The van der Waals surface area contributed by atoms with Crippen molar-refractivity contribution in [2.75, 3.05) is 0 Å². The maximum atomic E-state index is 13.5. The van der Waals surface area contributed by atoms with E-state index in [-0.39, 0.29) is 0 Å². The van der Waals surface area contributed by atoms with Crippen molar-refractivity contribution in [3.05, 3.63) is 31.5 Å². The molecule has 1 aromatic rings. The molecule has 39 heavy (non-hydrogen) atoms. The number of hydrogen-bond donors (Lipinski definition) is 0. The maximum absolute atomic E-state index is 13.5. The molecular formula is C30H45N3O6. The van der Waals surface area contributed by atoms with E-state index in [9.17, 15) is 14.4 Å². The zero-order valence-corrected chi connectivity index (χ0v) is 23.2. The average molecular weight is 544 g/mol. The first-order valence-electron chi connectivity index (χ1n) is 15.9. The highest BCUT2D eigenvalue weighted by molar-refractivity contribution is 4.93. The summed E-state index contributed by atoms with van der Waals surface area (Å²) in [5.41, 5.74) is -1.27. The minimum atomic E-state index is -0.422. The zero-order valence-electron chi connectivity index (χ0n) is 23.2. The summed E-state index contributed by atoms with van der Waals surface area (Å²) in [6.45, 7) is 1.15. The standard InChI is InChI=1S/C30H45N3O6/c34-28-31(13-1-4-19-7-10-22-25(16-19)37-22)29(35)33(15-3-6-21-9-12-24-27(18-21)39-24)30(36)32(28)14-2-5-20-8-11-23-26(17-20)38-23/h19-27H,1-18H2. The summed E-state index contributed by atoms with van der Waals surface area (Å²) < 4.78 is 21.1. The number of epoxide rings is 3. The first-order valence-corrected chi connectivity index (χ1v) is 15.9. The van der Waals surface area contributed by atoms with Gasteiger partial charge in [0.15, 0.2) is 0 Å². The lowest BCUT2D eigenvalue weighted by Crippen LogP contribution is -2.54. The summed E-state index contributed by atoms with van der Waals surface area (Å²) >= 11 is 0. The number of rotatable bonds is 12. The molecule has 9 unspecified atom stereocenters. The SMILES string of the molecule is O=c1n(CCCC2CCC3OC3C2)c(=O)n(CCCC2CCC3OC3C2)c(=O)n1CCCC1CCC2OC2C1. The van der Waals surface area contributed by atoms with Gasteiger partial charge in [-0.05, 0) is 114 Å². The second kappa shape index (κ2) is 10.9. The Labute approximate surface area is 229 Å². The van der Waals surface area contributed by atoms with Crippen LogP contribution in [0.3, 0.4) is 0 Å². The number of ether oxygens (including phenoxy) is 3. The van der Waals surface area contributed by atoms with E-state index in [1.165, 1.54) is 33.0 Å². The lowest BCUT2D eigenvalue weighted by Gasteiger charge is -2.21. The van der Waals surface area contributed by atoms with Crippen molar-refractivity contribution >= 4 is 0 Å². The van der Waals surface area contributed by atoms with Crippen LogP contribution in [0.1, 0.15) is 96.3 Å². The molecule has 0 bridgehead atoms. The smallest absolute Gasteiger partial charge is 0.336 e. The molecule has 0 spiro atoms. The minimum absolute atomic E-state index is 0.384. The Morgan fingerprint density at radius 2 is 0.769 bits per heavy atom. The molecule has 0 amide bonds. The van der Waals surface area contributed by atoms with Gasteiger partial charge in [-0.1, -0.05) is 0 Å². The van der Waals surface area contributed by atoms with Crippen molar-refractivity contribution in [2.24, 2.45) is 17.8 Å². The molecule has 7 rings (SSSR count). The fourth-order valence-corrected chi connectivity index (χ4v) is 8.12. The first kappa shape index (κ1) is 26.2. The van der Waals surface area contributed by atoms with E-state index in [0.29, 0.717) is 74.0 Å². The van der Waals surface area contributed by atoms with Crippen molar-refractivity contribution in [3.63, 3.8) is 0 Å². The second-order valence-corrected chi connectivity index (χ2v) is 13.4. The predicted molar refractivity (Wildman–Crippen MR) is 145 cm³/mol. The van der Waals surface area contributed by atoms with E-state index < -0.39 is 17.1 Å². The van der Waals surface area contributed by atoms with Crippen LogP contribution in [0, 0.1) is 17.8 Å². The molecule has 9 heteroatoms. The molecule has 3 aliphatic carbocycles. The van der Waals surface area contributed by atoms with Crippen LogP contribution in [0.25, 0.3) is 0 Å². The molecule has 216 valence electrons. The minimum Gasteiger partial charge on any atom is -0.370 e. The van der Waals surface area contributed by atoms with Gasteiger partial charge in [-0.25, -0.2) is 28.1 Å². The summed E-state index contributed by atoms with van der Waals surface area (Å²) in [5.74, 6) is 1.82. The molecule has 0 aromatic carbocycles. The Kier molecular flexibility index (Phi) is 7.35. The van der Waals surface area contributed by atoms with E-state index in [1.54, 1.807) is 0 Å². The van der Waals surface area contributed by atoms with Gasteiger partial charge in [0, 0.05) is 19.6 Å². The second-order valence-electron chi connectivity index (χ2n) is 13.4. The number of fused-ring (bicyclic) bond motifs is 3. The molecule has 6 fully saturated rings. The molecule has 3 aliphatic heterocycles. The fourth-order valence-electron chi connectivity index (χ4n) is 8.12. The summed E-state index contributed by atoms with van der Waals surface area (Å²) in [7, 11) is 0. The predicted octanol–water partition coefficient (Wildman–Crippen LogP) is 3.21. The highest BCUT2D eigenvalue weighted by Crippen LogP contribution is 2.42. The first-order chi connectivity index (χ1) is 19.0. The van der Waals surface area contributed by atoms with Crippen LogP contribution < -0.4 is 17.1 Å². The van der Waals surface area contributed by atoms with Crippen molar-refractivity contribution in [3.8, 4) is 0 Å². The van der Waals surface area contributed by atoms with E-state index in [2.05, 4.69) is 0 Å². The molecule has 9 nitrogen and oxygen atoms in total. The monoisotopic (exact) mass is 543 g/mol. The third-order valence-electron chi connectivity index (χ3n) is 10.7. The Morgan fingerprint density at radius 1 is 0.462 bits per heavy atom. The highest BCUT2D eigenvalue weighted by atomic mass is 16.6. The van der Waals surface area contributed by atoms with Crippen molar-refractivity contribution < 1.29 is 14.2 Å². The van der Waals surface area contributed by atoms with E-state index in [4.69, 9.17) is 14.2 Å². The van der Waals surface area contributed by atoms with Crippen molar-refractivity contribution in [1.82, 2.24) is 13.7 Å². The van der Waals surface area contributed by atoms with Crippen LogP contribution in [-0.4, -0.2) is 50.3 Å². The Hall–Kier alpha value is -1.71. The number of aromatic nitrogens is 3. The van der Waals surface area contributed by atoms with E-state index >= 15 is 0 Å². The Morgan fingerprint density at radius 3 is 1.05 bits per heavy atom. The molecule has 1 aromatic heterocycles. The molecule has 9 atom stereocenters. The van der Waals surface area contributed by atoms with Crippen molar-refractivity contribution in [2.45, 2.75) is 153 Å². The van der Waals surface area contributed by atoms with Gasteiger partial charge < -0.3 is 14.2 Å². The molecule has 4 heterocycles. The van der Waals surface area contributed by atoms with Gasteiger partial charge in [-0.15, -0.1) is 0 Å². The molecule has 0 N–H and O–H groups in total. The molecule has 3 saturated heterocycles. The largest absolute Gasteiger partial charge is 0.370 e. The fraction of sp³-hybridized carbons (Fsp3) is 0.900. The summed E-state index contributed by atoms with van der Waals surface area (Å²) in [5, 5.41) is 0. The third-order valence-corrected chi connectivity index (χ3v) is 10.7. The summed E-state index contributed by atoms with van der Waals surface area (Å²) in [4.78, 5) is 40.4. The number of nitrogens with zero attached hydrogens (tertiary/aromatic N) is 3. The molecule has 0 radical (unpaired) electrons. The normalized spacial score (nSPS) is 38.0. The molecule has 6 aliphatic rings. The van der Waals surface area contributed by atoms with Gasteiger partial charge >= 0.3 is 17.1 Å². The topological polar surface area (TPSA) is 104 Å². The van der Waals surface area contributed by atoms with Gasteiger partial charge in [0.25, 0.3) is 0 Å². The lowest BCUT2D eigenvalue weighted by atomic mass is 9.86. The number of hydrogen-bond acceptors (Lipinski definition) is 6. The van der Waals surface area contributed by atoms with Crippen molar-refractivity contribution in [1.29, 1.82) is 0 Å². The quantitative estimate of drug-likeness (QED) is 0.375. The van der Waals surface area contributed by atoms with Gasteiger partial charge in [0.1, 0.15) is 0 Å². The van der Waals surface area contributed by atoms with Crippen LogP contribution in [0.5, 0.6) is 0 Å². The van der Waals surface area contributed by atoms with Gasteiger partial charge in [0.2, 0.25) is 0 Å². The zero-order chi connectivity index (χ0) is 26.5. The Balaban J connectivity index is 1.02. The third kappa shape index (κ3) is 5.87. The van der Waals surface area contributed by atoms with E-state index in [1.807, 2.05) is 0 Å². The Bertz CT molecular complexity index is 1040. The average Bonchev–Trinajstić information content (AvgIpc) is 3.82. The summed E-state index contributed by atoms with van der Waals surface area (Å²) in [6.07, 6.45) is 18.3. The highest BCUT2D eigenvalue weighted by Gasteiger charge is 2.45. The van der Waals surface area contributed by atoms with Crippen LogP contribution in [-0.2, 0) is 33.8 Å². The van der Waals surface area contributed by atoms with Crippen LogP contribution in [0.4, 0.5) is 0 Å².